The van der Waals surface area contributed by atoms with E-state index in [2.05, 4.69) is 27.9 Å². The predicted octanol–water partition coefficient (Wildman–Crippen LogP) is 3.96. The maximum absolute atomic E-state index is 8.55. The molecule has 0 saturated heterocycles. The standard InChI is InChI=1S/C20H44N.H3O4P/c1-5-7-9-11-13-14-16-18-20-21(3,4)19-17-15-12-10-8-6-2;1-5(2,3)4/h5-20H2,1-4H3;(H3,1,2,3,4)/q+1;/p-1. The molecule has 0 aromatic carbocycles. The van der Waals surface area contributed by atoms with Gasteiger partial charge in [-0.3, -0.25) is 0 Å². The van der Waals surface area contributed by atoms with Gasteiger partial charge in [-0.05, 0) is 25.7 Å². The summed E-state index contributed by atoms with van der Waals surface area (Å²) in [4.78, 5) is 25.6. The zero-order valence-electron chi connectivity index (χ0n) is 19.8. The highest BCUT2D eigenvalue weighted by Gasteiger charge is 2.13. The SMILES string of the molecule is CCCCCCCCCC[N+](C)(C)CCCCCCCC.O=P([O-])([O-])[O-].[H+].[H+]. The molecule has 160 valence electrons. The third-order valence-corrected chi connectivity index (χ3v) is 4.73. The van der Waals surface area contributed by atoms with Gasteiger partial charge in [-0.25, -0.2) is 0 Å². The molecule has 0 aromatic heterocycles. The van der Waals surface area contributed by atoms with E-state index in [9.17, 15) is 0 Å². The fourth-order valence-electron chi connectivity index (χ4n) is 3.11. The first-order chi connectivity index (χ1) is 12.1. The number of unbranched alkanes of at least 4 members (excludes halogenated alkanes) is 12. The summed E-state index contributed by atoms with van der Waals surface area (Å²) in [7, 11) is -0.541. The second-order valence-corrected chi connectivity index (χ2v) is 8.97. The van der Waals surface area contributed by atoms with Crippen molar-refractivity contribution >= 4 is 7.82 Å². The van der Waals surface area contributed by atoms with Crippen LogP contribution < -0.4 is 14.7 Å². The molecule has 0 aromatic rings. The number of hydrogen-bond acceptors (Lipinski definition) is 4. The van der Waals surface area contributed by atoms with Crippen LogP contribution in [0.25, 0.3) is 0 Å². The summed E-state index contributed by atoms with van der Waals surface area (Å²) in [5.74, 6) is 0. The minimum absolute atomic E-state index is 0. The van der Waals surface area contributed by atoms with Gasteiger partial charge in [0.15, 0.2) is 0 Å². The zero-order chi connectivity index (χ0) is 20.3. The lowest BCUT2D eigenvalue weighted by molar-refractivity contribution is -0.890. The van der Waals surface area contributed by atoms with Crippen LogP contribution in [-0.4, -0.2) is 31.7 Å². The topological polar surface area (TPSA) is 86.2 Å². The molecule has 0 N–H and O–H groups in total. The van der Waals surface area contributed by atoms with Gasteiger partial charge < -0.3 is 23.7 Å². The van der Waals surface area contributed by atoms with E-state index in [0.717, 1.165) is 0 Å². The van der Waals surface area contributed by atoms with E-state index < -0.39 is 7.82 Å². The normalized spacial score (nSPS) is 12.0. The summed E-state index contributed by atoms with van der Waals surface area (Å²) in [5.41, 5.74) is 0. The molecule has 0 heterocycles. The fraction of sp³-hybridized carbons (Fsp3) is 1.00. The van der Waals surface area contributed by atoms with Crippen LogP contribution in [0.5, 0.6) is 0 Å². The van der Waals surface area contributed by atoms with Crippen LogP contribution >= 0.6 is 7.82 Å². The van der Waals surface area contributed by atoms with Crippen molar-refractivity contribution in [3.05, 3.63) is 0 Å². The van der Waals surface area contributed by atoms with Gasteiger partial charge in [0.1, 0.15) is 0 Å². The van der Waals surface area contributed by atoms with Crippen LogP contribution in [0.2, 0.25) is 0 Å². The number of nitrogens with zero attached hydrogens (tertiary/aromatic N) is 1. The third-order valence-electron chi connectivity index (χ3n) is 4.73. The quantitative estimate of drug-likeness (QED) is 0.225. The average molecular weight is 396 g/mol. The number of quaternary nitrogens is 1. The predicted molar refractivity (Wildman–Crippen MR) is 108 cm³/mol. The lowest BCUT2D eigenvalue weighted by Gasteiger charge is -2.36. The highest BCUT2D eigenvalue weighted by molar-refractivity contribution is 7.40. The van der Waals surface area contributed by atoms with Gasteiger partial charge in [-0.2, -0.15) is 7.82 Å². The van der Waals surface area contributed by atoms with Crippen molar-refractivity contribution in [3.63, 3.8) is 0 Å². The van der Waals surface area contributed by atoms with Crippen molar-refractivity contribution < 1.29 is 26.6 Å². The molecular weight excluding hydrogens is 349 g/mol. The Kier molecular flexibility index (Phi) is 20.1. The molecule has 0 aliphatic rings. The maximum atomic E-state index is 8.55. The molecule has 0 unspecified atom stereocenters. The van der Waals surface area contributed by atoms with Crippen molar-refractivity contribution in [2.45, 2.75) is 104 Å². The summed E-state index contributed by atoms with van der Waals surface area (Å²) < 4.78 is 9.79. The minimum atomic E-state index is -5.39. The van der Waals surface area contributed by atoms with Crippen molar-refractivity contribution in [1.29, 1.82) is 0 Å². The Morgan fingerprint density at radius 2 is 0.846 bits per heavy atom. The number of rotatable bonds is 16. The van der Waals surface area contributed by atoms with Crippen LogP contribution in [-0.2, 0) is 4.57 Å². The summed E-state index contributed by atoms with van der Waals surface area (Å²) >= 11 is 0. The molecule has 0 fully saturated rings. The first-order valence-electron chi connectivity index (χ1n) is 10.7. The number of phosphoric acid groups is 1. The molecule has 0 spiro atoms. The summed E-state index contributed by atoms with van der Waals surface area (Å²) in [6, 6.07) is 0. The Morgan fingerprint density at radius 1 is 0.615 bits per heavy atom. The smallest absolute Gasteiger partial charge is 0.822 e. The molecule has 5 nitrogen and oxygen atoms in total. The van der Waals surface area contributed by atoms with Gasteiger partial charge in [-0.15, -0.1) is 0 Å². The summed E-state index contributed by atoms with van der Waals surface area (Å²) in [6.07, 6.45) is 20.1. The number of hydrogen-bond donors (Lipinski definition) is 0. The van der Waals surface area contributed by atoms with Crippen LogP contribution in [0.1, 0.15) is 107 Å². The van der Waals surface area contributed by atoms with Gasteiger partial charge in [0.05, 0.1) is 27.2 Å². The van der Waals surface area contributed by atoms with Crippen LogP contribution in [0.15, 0.2) is 0 Å². The molecule has 0 atom stereocenters. The molecule has 0 aliphatic carbocycles. The van der Waals surface area contributed by atoms with Crippen molar-refractivity contribution in [1.82, 2.24) is 0 Å². The van der Waals surface area contributed by atoms with E-state index in [4.69, 9.17) is 19.2 Å². The first kappa shape index (κ1) is 28.3. The van der Waals surface area contributed by atoms with Gasteiger partial charge in [0.2, 0.25) is 0 Å². The molecule has 0 saturated carbocycles. The summed E-state index contributed by atoms with van der Waals surface area (Å²) in [5, 5.41) is 0. The Hall–Kier alpha value is 0.0700. The van der Waals surface area contributed by atoms with Gasteiger partial charge in [0.25, 0.3) is 0 Å². The van der Waals surface area contributed by atoms with E-state index in [1.54, 1.807) is 0 Å². The molecule has 0 aliphatic heterocycles. The second kappa shape index (κ2) is 18.4. The van der Waals surface area contributed by atoms with Crippen molar-refractivity contribution in [3.8, 4) is 0 Å². The molecule has 0 rings (SSSR count). The maximum Gasteiger partial charge on any atom is 1.00 e. The molecule has 6 heteroatoms. The highest BCUT2D eigenvalue weighted by atomic mass is 31.2. The van der Waals surface area contributed by atoms with Crippen molar-refractivity contribution in [2.24, 2.45) is 0 Å². The lowest BCUT2D eigenvalue weighted by Crippen LogP contribution is -2.41. The van der Waals surface area contributed by atoms with E-state index in [1.807, 2.05) is 0 Å². The summed E-state index contributed by atoms with van der Waals surface area (Å²) in [6.45, 7) is 7.35. The second-order valence-electron chi connectivity index (χ2n) is 8.07. The molecule has 0 amide bonds. The van der Waals surface area contributed by atoms with Gasteiger partial charge in [0, 0.05) is 0 Å². The lowest BCUT2D eigenvalue weighted by atomic mass is 10.1. The molecule has 0 bridgehead atoms. The van der Waals surface area contributed by atoms with Gasteiger partial charge >= 0.3 is 2.85 Å². The van der Waals surface area contributed by atoms with Gasteiger partial charge in [-0.1, -0.05) is 78.1 Å². The fourth-order valence-corrected chi connectivity index (χ4v) is 3.11. The Morgan fingerprint density at radius 3 is 1.12 bits per heavy atom. The Balaban J connectivity index is -0.000000364. The first-order valence-corrected chi connectivity index (χ1v) is 12.1. The van der Waals surface area contributed by atoms with E-state index in [-0.39, 0.29) is 2.85 Å². The minimum Gasteiger partial charge on any atom is -0.822 e. The van der Waals surface area contributed by atoms with E-state index in [0.29, 0.717) is 0 Å². The monoisotopic (exact) mass is 395 g/mol. The van der Waals surface area contributed by atoms with Crippen LogP contribution in [0.4, 0.5) is 0 Å². The molecular formula is C20H46NO4P. The average Bonchev–Trinajstić information content (AvgIpc) is 2.51. The molecule has 26 heavy (non-hydrogen) atoms. The van der Waals surface area contributed by atoms with E-state index >= 15 is 0 Å². The van der Waals surface area contributed by atoms with E-state index in [1.165, 1.54) is 107 Å². The largest absolute Gasteiger partial charge is 1.00 e. The third kappa shape index (κ3) is 31.8. The molecule has 0 radical (unpaired) electrons. The van der Waals surface area contributed by atoms with Crippen molar-refractivity contribution in [2.75, 3.05) is 27.2 Å². The highest BCUT2D eigenvalue weighted by Crippen LogP contribution is 2.12. The Labute approximate surface area is 166 Å². The Bertz CT molecular complexity index is 334. The van der Waals surface area contributed by atoms with Crippen LogP contribution in [0.3, 0.4) is 0 Å². The van der Waals surface area contributed by atoms with Crippen LogP contribution in [0, 0.1) is 0 Å². The zero-order valence-corrected chi connectivity index (χ0v) is 18.7.